The zero-order valence-electron chi connectivity index (χ0n) is 11.6. The number of nitrogens with two attached hydrogens (primary N) is 1. The molecule has 2 aliphatic rings. The van der Waals surface area contributed by atoms with Crippen LogP contribution in [0.2, 0.25) is 0 Å². The molecule has 0 aromatic rings. The Morgan fingerprint density at radius 3 is 1.95 bits per heavy atom. The maximum Gasteiger partial charge on any atom is 0.310 e. The average molecular weight is 282 g/mol. The standard InChI is InChI=1S/C14H22N2O4/c15-11(18)14(4-1-2-5-14)9-16-10(17)8-13(12(19)20)6-3-7-13/h1-9H2,(H2,15,18)(H,16,17)(H,19,20). The molecule has 2 aliphatic carbocycles. The molecule has 0 bridgehead atoms. The summed E-state index contributed by atoms with van der Waals surface area (Å²) in [6.45, 7) is 0.233. The van der Waals surface area contributed by atoms with Gasteiger partial charge in [-0.1, -0.05) is 19.3 Å². The number of carboxylic acids is 1. The molecule has 2 rings (SSSR count). The number of rotatable bonds is 6. The summed E-state index contributed by atoms with van der Waals surface area (Å²) in [7, 11) is 0. The topological polar surface area (TPSA) is 109 Å². The molecule has 0 radical (unpaired) electrons. The van der Waals surface area contributed by atoms with Crippen molar-refractivity contribution in [3.05, 3.63) is 0 Å². The molecule has 0 spiro atoms. The monoisotopic (exact) mass is 282 g/mol. The fourth-order valence-corrected chi connectivity index (χ4v) is 3.27. The first kappa shape index (κ1) is 14.8. The van der Waals surface area contributed by atoms with Crippen molar-refractivity contribution in [1.82, 2.24) is 5.32 Å². The van der Waals surface area contributed by atoms with Gasteiger partial charge in [-0.2, -0.15) is 0 Å². The fourth-order valence-electron chi connectivity index (χ4n) is 3.27. The molecular weight excluding hydrogens is 260 g/mol. The molecule has 20 heavy (non-hydrogen) atoms. The van der Waals surface area contributed by atoms with Crippen LogP contribution in [0.1, 0.15) is 51.4 Å². The van der Waals surface area contributed by atoms with E-state index in [1.54, 1.807) is 0 Å². The summed E-state index contributed by atoms with van der Waals surface area (Å²) in [5.74, 6) is -1.56. The van der Waals surface area contributed by atoms with Crippen LogP contribution < -0.4 is 11.1 Å². The zero-order chi connectivity index (χ0) is 14.8. The molecule has 0 aromatic heterocycles. The van der Waals surface area contributed by atoms with Gasteiger partial charge >= 0.3 is 5.97 Å². The number of carboxylic acid groups (broad SMARTS) is 1. The quantitative estimate of drug-likeness (QED) is 0.669. The number of hydrogen-bond acceptors (Lipinski definition) is 3. The van der Waals surface area contributed by atoms with E-state index in [0.29, 0.717) is 25.7 Å². The summed E-state index contributed by atoms with van der Waals surface area (Å²) in [4.78, 5) is 34.7. The second-order valence-corrected chi connectivity index (χ2v) is 6.24. The fraction of sp³-hybridized carbons (Fsp3) is 0.786. The Morgan fingerprint density at radius 2 is 1.55 bits per heavy atom. The van der Waals surface area contributed by atoms with Gasteiger partial charge in [0, 0.05) is 13.0 Å². The lowest BCUT2D eigenvalue weighted by molar-refractivity contribution is -0.157. The van der Waals surface area contributed by atoms with Crippen molar-refractivity contribution in [3.63, 3.8) is 0 Å². The molecule has 2 fully saturated rings. The van der Waals surface area contributed by atoms with Crippen LogP contribution in [0.3, 0.4) is 0 Å². The summed E-state index contributed by atoms with van der Waals surface area (Å²) in [5, 5.41) is 11.9. The molecule has 0 aliphatic heterocycles. The summed E-state index contributed by atoms with van der Waals surface area (Å²) >= 11 is 0. The van der Waals surface area contributed by atoms with E-state index in [4.69, 9.17) is 5.73 Å². The Bertz CT molecular complexity index is 423. The van der Waals surface area contributed by atoms with E-state index in [2.05, 4.69) is 5.32 Å². The Hall–Kier alpha value is -1.59. The summed E-state index contributed by atoms with van der Waals surface area (Å²) in [6, 6.07) is 0. The van der Waals surface area contributed by atoms with Crippen molar-refractivity contribution in [2.24, 2.45) is 16.6 Å². The number of carbonyl (C=O) groups is 3. The third kappa shape index (κ3) is 2.64. The first-order valence-corrected chi connectivity index (χ1v) is 7.20. The van der Waals surface area contributed by atoms with Gasteiger partial charge < -0.3 is 16.2 Å². The molecule has 0 aromatic carbocycles. The van der Waals surface area contributed by atoms with Gasteiger partial charge in [-0.25, -0.2) is 0 Å². The second kappa shape index (κ2) is 5.42. The lowest BCUT2D eigenvalue weighted by Crippen LogP contribution is -2.47. The van der Waals surface area contributed by atoms with Gasteiger partial charge in [-0.05, 0) is 25.7 Å². The number of aliphatic carboxylic acids is 1. The molecule has 2 amide bonds. The van der Waals surface area contributed by atoms with Gasteiger partial charge in [0.15, 0.2) is 0 Å². The van der Waals surface area contributed by atoms with E-state index in [1.807, 2.05) is 0 Å². The van der Waals surface area contributed by atoms with E-state index < -0.39 is 16.8 Å². The molecule has 6 nitrogen and oxygen atoms in total. The maximum atomic E-state index is 12.0. The van der Waals surface area contributed by atoms with E-state index in [-0.39, 0.29) is 24.8 Å². The number of carbonyl (C=O) groups excluding carboxylic acids is 2. The first-order chi connectivity index (χ1) is 9.40. The van der Waals surface area contributed by atoms with Crippen LogP contribution in [0, 0.1) is 10.8 Å². The van der Waals surface area contributed by atoms with Crippen molar-refractivity contribution in [2.75, 3.05) is 6.54 Å². The second-order valence-electron chi connectivity index (χ2n) is 6.24. The minimum Gasteiger partial charge on any atom is -0.481 e. The zero-order valence-corrected chi connectivity index (χ0v) is 11.6. The SMILES string of the molecule is NC(=O)C1(CNC(=O)CC2(C(=O)O)CCC2)CCCC1. The first-order valence-electron chi connectivity index (χ1n) is 7.20. The van der Waals surface area contributed by atoms with Crippen LogP contribution in [0.4, 0.5) is 0 Å². The highest BCUT2D eigenvalue weighted by atomic mass is 16.4. The van der Waals surface area contributed by atoms with Crippen molar-refractivity contribution < 1.29 is 19.5 Å². The van der Waals surface area contributed by atoms with Gasteiger partial charge in [-0.15, -0.1) is 0 Å². The molecular formula is C14H22N2O4. The Labute approximate surface area is 118 Å². The lowest BCUT2D eigenvalue weighted by Gasteiger charge is -2.37. The van der Waals surface area contributed by atoms with Gasteiger partial charge in [0.05, 0.1) is 10.8 Å². The van der Waals surface area contributed by atoms with Gasteiger partial charge in [0.25, 0.3) is 0 Å². The maximum absolute atomic E-state index is 12.0. The van der Waals surface area contributed by atoms with Crippen LogP contribution >= 0.6 is 0 Å². The Morgan fingerprint density at radius 1 is 1.00 bits per heavy atom. The summed E-state index contributed by atoms with van der Waals surface area (Å²) in [5.41, 5.74) is 3.92. The Balaban J connectivity index is 1.89. The Kier molecular flexibility index (Phi) is 4.01. The minimum absolute atomic E-state index is 0.00280. The molecule has 4 N–H and O–H groups in total. The van der Waals surface area contributed by atoms with Crippen LogP contribution in [0.15, 0.2) is 0 Å². The van der Waals surface area contributed by atoms with Crippen molar-refractivity contribution >= 4 is 17.8 Å². The van der Waals surface area contributed by atoms with Crippen LogP contribution in [-0.2, 0) is 14.4 Å². The van der Waals surface area contributed by atoms with E-state index >= 15 is 0 Å². The highest BCUT2D eigenvalue weighted by molar-refractivity contribution is 5.86. The van der Waals surface area contributed by atoms with E-state index in [9.17, 15) is 19.5 Å². The normalized spacial score (nSPS) is 22.8. The van der Waals surface area contributed by atoms with E-state index in [1.165, 1.54) is 0 Å². The molecule has 2 saturated carbocycles. The van der Waals surface area contributed by atoms with Crippen LogP contribution in [-0.4, -0.2) is 29.4 Å². The lowest BCUT2D eigenvalue weighted by atomic mass is 9.66. The number of nitrogens with one attached hydrogen (secondary N) is 1. The predicted octanol–water partition coefficient (Wildman–Crippen LogP) is 0.793. The number of hydrogen-bond donors (Lipinski definition) is 3. The smallest absolute Gasteiger partial charge is 0.310 e. The van der Waals surface area contributed by atoms with E-state index in [0.717, 1.165) is 19.3 Å². The van der Waals surface area contributed by atoms with Crippen LogP contribution in [0.25, 0.3) is 0 Å². The molecule has 0 saturated heterocycles. The molecule has 6 heteroatoms. The number of primary amides is 1. The van der Waals surface area contributed by atoms with Gasteiger partial charge in [-0.3, -0.25) is 14.4 Å². The predicted molar refractivity (Wildman–Crippen MR) is 71.6 cm³/mol. The molecule has 0 heterocycles. The minimum atomic E-state index is -0.899. The molecule has 0 unspecified atom stereocenters. The third-order valence-corrected chi connectivity index (χ3v) is 4.97. The largest absolute Gasteiger partial charge is 0.481 e. The summed E-state index contributed by atoms with van der Waals surface area (Å²) in [6.07, 6.45) is 5.24. The van der Waals surface area contributed by atoms with Gasteiger partial charge in [0.2, 0.25) is 11.8 Å². The number of amides is 2. The average Bonchev–Trinajstić information content (AvgIpc) is 2.81. The van der Waals surface area contributed by atoms with Crippen molar-refractivity contribution in [3.8, 4) is 0 Å². The van der Waals surface area contributed by atoms with Crippen molar-refractivity contribution in [2.45, 2.75) is 51.4 Å². The molecule has 0 atom stereocenters. The third-order valence-electron chi connectivity index (χ3n) is 4.97. The van der Waals surface area contributed by atoms with Gasteiger partial charge in [0.1, 0.15) is 0 Å². The molecule has 112 valence electrons. The highest BCUT2D eigenvalue weighted by Gasteiger charge is 2.46. The summed E-state index contributed by atoms with van der Waals surface area (Å²) < 4.78 is 0. The van der Waals surface area contributed by atoms with Crippen molar-refractivity contribution in [1.29, 1.82) is 0 Å². The highest BCUT2D eigenvalue weighted by Crippen LogP contribution is 2.44. The van der Waals surface area contributed by atoms with Crippen LogP contribution in [0.5, 0.6) is 0 Å².